The number of carbonyl (C=O) groups excluding carboxylic acids is 1. The van der Waals surface area contributed by atoms with Crippen molar-refractivity contribution in [2.45, 2.75) is 38.0 Å². The molecule has 2 nitrogen and oxygen atoms in total. The summed E-state index contributed by atoms with van der Waals surface area (Å²) in [7, 11) is 0. The molecule has 3 rings (SSSR count). The maximum absolute atomic E-state index is 12.6. The normalized spacial score (nSPS) is 31.8. The number of carbonyl (C=O) groups is 1. The first kappa shape index (κ1) is 14.4. The standard InChI is InChI=1S/C16H19Cl2NO/c1-2-3-14(20)16-9-15(16,6-7-19-10-16)11-4-5-12(17)13(18)8-11/h4-5,8,19H,2-3,6-7,9-10H2,1H3/t15-,16-/m0/s1. The molecule has 2 fully saturated rings. The maximum Gasteiger partial charge on any atom is 0.141 e. The minimum absolute atomic E-state index is 0.0151. The highest BCUT2D eigenvalue weighted by molar-refractivity contribution is 6.42. The van der Waals surface area contributed by atoms with Gasteiger partial charge in [0.2, 0.25) is 0 Å². The minimum Gasteiger partial charge on any atom is -0.316 e. The fraction of sp³-hybridized carbons (Fsp3) is 0.562. The van der Waals surface area contributed by atoms with Gasteiger partial charge >= 0.3 is 0 Å². The Balaban J connectivity index is 1.98. The fourth-order valence-corrected chi connectivity index (χ4v) is 4.18. The van der Waals surface area contributed by atoms with Crippen LogP contribution in [0.15, 0.2) is 18.2 Å². The molecule has 0 spiro atoms. The fourth-order valence-electron chi connectivity index (χ4n) is 3.88. The third-order valence-corrected chi connectivity index (χ3v) is 5.77. The number of hydrogen-bond acceptors (Lipinski definition) is 2. The van der Waals surface area contributed by atoms with Crippen LogP contribution in [0.25, 0.3) is 0 Å². The molecule has 1 aliphatic heterocycles. The predicted molar refractivity (Wildman–Crippen MR) is 82.6 cm³/mol. The molecule has 108 valence electrons. The molecule has 4 heteroatoms. The van der Waals surface area contributed by atoms with E-state index in [1.54, 1.807) is 0 Å². The van der Waals surface area contributed by atoms with Crippen molar-refractivity contribution in [1.29, 1.82) is 0 Å². The number of benzene rings is 1. The highest BCUT2D eigenvalue weighted by atomic mass is 35.5. The van der Waals surface area contributed by atoms with Crippen molar-refractivity contribution < 1.29 is 4.79 Å². The lowest BCUT2D eigenvalue weighted by molar-refractivity contribution is -0.125. The zero-order valence-corrected chi connectivity index (χ0v) is 13.2. The van der Waals surface area contributed by atoms with Gasteiger partial charge in [-0.15, -0.1) is 0 Å². The van der Waals surface area contributed by atoms with Crippen molar-refractivity contribution in [2.75, 3.05) is 13.1 Å². The molecule has 20 heavy (non-hydrogen) atoms. The van der Waals surface area contributed by atoms with E-state index in [9.17, 15) is 4.79 Å². The molecule has 0 aromatic heterocycles. The van der Waals surface area contributed by atoms with Crippen LogP contribution < -0.4 is 5.32 Å². The predicted octanol–water partition coefficient (Wildman–Crippen LogP) is 3.98. The van der Waals surface area contributed by atoms with Gasteiger partial charge in [-0.05, 0) is 43.5 Å². The summed E-state index contributed by atoms with van der Waals surface area (Å²) in [4.78, 5) is 12.6. The minimum atomic E-state index is -0.210. The van der Waals surface area contributed by atoms with Crippen LogP contribution in [0.2, 0.25) is 10.0 Å². The number of halogens is 2. The van der Waals surface area contributed by atoms with Crippen molar-refractivity contribution in [3.8, 4) is 0 Å². The molecular weight excluding hydrogens is 293 g/mol. The Labute approximate surface area is 129 Å². The van der Waals surface area contributed by atoms with Crippen LogP contribution in [0.5, 0.6) is 0 Å². The summed E-state index contributed by atoms with van der Waals surface area (Å²) in [6.45, 7) is 3.82. The van der Waals surface area contributed by atoms with Gasteiger partial charge < -0.3 is 5.32 Å². The van der Waals surface area contributed by atoms with Crippen LogP contribution in [0, 0.1) is 5.41 Å². The van der Waals surface area contributed by atoms with E-state index in [1.165, 1.54) is 5.56 Å². The highest BCUT2D eigenvalue weighted by Crippen LogP contribution is 2.68. The molecule has 1 saturated carbocycles. The summed E-state index contributed by atoms with van der Waals surface area (Å²) >= 11 is 12.2. The van der Waals surface area contributed by atoms with Crippen molar-refractivity contribution in [1.82, 2.24) is 5.32 Å². The second-order valence-corrected chi connectivity index (χ2v) is 6.88. The number of ketones is 1. The van der Waals surface area contributed by atoms with E-state index in [0.717, 1.165) is 32.4 Å². The summed E-state index contributed by atoms with van der Waals surface area (Å²) in [5, 5.41) is 4.56. The summed E-state index contributed by atoms with van der Waals surface area (Å²) in [5.41, 5.74) is 0.954. The van der Waals surface area contributed by atoms with E-state index < -0.39 is 0 Å². The zero-order chi connectivity index (χ0) is 14.4. The third-order valence-electron chi connectivity index (χ3n) is 5.03. The molecule has 2 aliphatic rings. The van der Waals surface area contributed by atoms with E-state index in [0.29, 0.717) is 22.2 Å². The molecule has 0 bridgehead atoms. The first-order valence-corrected chi connectivity index (χ1v) is 8.01. The molecule has 1 aromatic carbocycles. The van der Waals surface area contributed by atoms with Gasteiger partial charge in [0.15, 0.2) is 0 Å². The SMILES string of the molecule is CCCC(=O)[C@]12CNCC[C@@]1(c1ccc(Cl)c(Cl)c1)C2. The van der Waals surface area contributed by atoms with Crippen molar-refractivity contribution in [3.05, 3.63) is 33.8 Å². The van der Waals surface area contributed by atoms with Gasteiger partial charge in [0.1, 0.15) is 5.78 Å². The molecule has 1 N–H and O–H groups in total. The summed E-state index contributed by atoms with van der Waals surface area (Å²) in [6.07, 6.45) is 3.53. The average Bonchev–Trinajstić information content (AvgIpc) is 3.14. The van der Waals surface area contributed by atoms with Gasteiger partial charge in [0, 0.05) is 18.4 Å². The molecule has 2 atom stereocenters. The van der Waals surface area contributed by atoms with Crippen LogP contribution in [0.3, 0.4) is 0 Å². The molecule has 0 radical (unpaired) electrons. The van der Waals surface area contributed by atoms with E-state index in [1.807, 2.05) is 18.2 Å². The average molecular weight is 312 g/mol. The Kier molecular flexibility index (Phi) is 3.60. The Morgan fingerprint density at radius 2 is 2.15 bits per heavy atom. The first-order chi connectivity index (χ1) is 9.56. The van der Waals surface area contributed by atoms with Crippen LogP contribution in [-0.2, 0) is 10.2 Å². The number of hydrogen-bond donors (Lipinski definition) is 1. The number of nitrogens with one attached hydrogen (secondary N) is 1. The second-order valence-electron chi connectivity index (χ2n) is 6.07. The second kappa shape index (κ2) is 5.01. The van der Waals surface area contributed by atoms with E-state index in [4.69, 9.17) is 23.2 Å². The van der Waals surface area contributed by atoms with Crippen molar-refractivity contribution in [3.63, 3.8) is 0 Å². The van der Waals surface area contributed by atoms with E-state index in [2.05, 4.69) is 12.2 Å². The van der Waals surface area contributed by atoms with E-state index in [-0.39, 0.29) is 10.8 Å². The lowest BCUT2D eigenvalue weighted by Gasteiger charge is -2.31. The number of piperidine rings is 1. The highest BCUT2D eigenvalue weighted by Gasteiger charge is 2.71. The Hall–Kier alpha value is -0.570. The quantitative estimate of drug-likeness (QED) is 0.911. The first-order valence-electron chi connectivity index (χ1n) is 7.25. The smallest absolute Gasteiger partial charge is 0.141 e. The third kappa shape index (κ3) is 1.93. The van der Waals surface area contributed by atoms with Gasteiger partial charge in [-0.2, -0.15) is 0 Å². The lowest BCUT2D eigenvalue weighted by atomic mass is 9.78. The van der Waals surface area contributed by atoms with Crippen molar-refractivity contribution in [2.24, 2.45) is 5.41 Å². The summed E-state index contributed by atoms with van der Waals surface area (Å²) < 4.78 is 0. The summed E-state index contributed by atoms with van der Waals surface area (Å²) in [5.74, 6) is 0.401. The van der Waals surface area contributed by atoms with E-state index >= 15 is 0 Å². The van der Waals surface area contributed by atoms with Crippen LogP contribution in [0.4, 0.5) is 0 Å². The molecule has 1 aromatic rings. The van der Waals surface area contributed by atoms with Gasteiger partial charge in [-0.3, -0.25) is 4.79 Å². The number of rotatable bonds is 4. The van der Waals surface area contributed by atoms with Crippen LogP contribution >= 0.6 is 23.2 Å². The number of Topliss-reactive ketones (excluding diaryl/α,β-unsaturated/α-hetero) is 1. The molecule has 1 saturated heterocycles. The Morgan fingerprint density at radius 3 is 2.85 bits per heavy atom. The van der Waals surface area contributed by atoms with Gasteiger partial charge in [-0.1, -0.05) is 36.2 Å². The monoisotopic (exact) mass is 311 g/mol. The zero-order valence-electron chi connectivity index (χ0n) is 11.6. The summed E-state index contributed by atoms with van der Waals surface area (Å²) in [6, 6.07) is 5.85. The van der Waals surface area contributed by atoms with Crippen LogP contribution in [-0.4, -0.2) is 18.9 Å². The molecule has 1 heterocycles. The molecule has 0 amide bonds. The molecule has 1 aliphatic carbocycles. The van der Waals surface area contributed by atoms with Crippen LogP contribution in [0.1, 0.15) is 38.2 Å². The van der Waals surface area contributed by atoms with Gasteiger partial charge in [0.05, 0.1) is 15.5 Å². The Morgan fingerprint density at radius 1 is 1.35 bits per heavy atom. The Bertz CT molecular complexity index is 559. The van der Waals surface area contributed by atoms with Gasteiger partial charge in [-0.25, -0.2) is 0 Å². The molecular formula is C16H19Cl2NO. The largest absolute Gasteiger partial charge is 0.316 e. The molecule has 0 unspecified atom stereocenters. The van der Waals surface area contributed by atoms with Gasteiger partial charge in [0.25, 0.3) is 0 Å². The maximum atomic E-state index is 12.6. The number of fused-ring (bicyclic) bond motifs is 1. The topological polar surface area (TPSA) is 29.1 Å². The van der Waals surface area contributed by atoms with Crippen molar-refractivity contribution >= 4 is 29.0 Å². The lowest BCUT2D eigenvalue weighted by Crippen LogP contribution is -2.42.